The highest BCUT2D eigenvalue weighted by Crippen LogP contribution is 2.25. The van der Waals surface area contributed by atoms with Crippen LogP contribution in [0.2, 0.25) is 0 Å². The molecule has 27 heavy (non-hydrogen) atoms. The maximum absolute atomic E-state index is 12.8. The largest absolute Gasteiger partial charge is 0.341 e. The molecule has 2 aliphatic rings. The smallest absolute Gasteiger partial charge is 0.239 e. The molecule has 2 aliphatic heterocycles. The fourth-order valence-corrected chi connectivity index (χ4v) is 4.88. The van der Waals surface area contributed by atoms with Crippen molar-refractivity contribution in [3.8, 4) is 0 Å². The van der Waals surface area contributed by atoms with Gasteiger partial charge in [-0.2, -0.15) is 5.10 Å². The van der Waals surface area contributed by atoms with E-state index >= 15 is 0 Å². The highest BCUT2D eigenvalue weighted by molar-refractivity contribution is 9.10. The molecule has 1 atom stereocenters. The summed E-state index contributed by atoms with van der Waals surface area (Å²) in [6.07, 6.45) is 4.42. The van der Waals surface area contributed by atoms with Crippen molar-refractivity contribution in [2.24, 2.45) is 5.73 Å². The number of likely N-dealkylation sites (tertiary alicyclic amines) is 1. The molecule has 146 valence electrons. The van der Waals surface area contributed by atoms with E-state index < -0.39 is 6.04 Å². The number of rotatable bonds is 4. The van der Waals surface area contributed by atoms with Crippen LogP contribution in [0.15, 0.2) is 22.8 Å². The van der Waals surface area contributed by atoms with Crippen molar-refractivity contribution in [2.75, 3.05) is 39.3 Å². The molecule has 1 aromatic carbocycles. The Balaban J connectivity index is 1.33. The van der Waals surface area contributed by atoms with E-state index in [1.807, 2.05) is 17.0 Å². The summed E-state index contributed by atoms with van der Waals surface area (Å²) in [4.78, 5) is 17.3. The molecular formula is C19H27BrN6O. The van der Waals surface area contributed by atoms with Gasteiger partial charge in [0.25, 0.3) is 0 Å². The number of amides is 1. The van der Waals surface area contributed by atoms with Crippen molar-refractivity contribution >= 4 is 32.7 Å². The molecule has 0 spiro atoms. The van der Waals surface area contributed by atoms with E-state index in [2.05, 4.69) is 36.3 Å². The highest BCUT2D eigenvalue weighted by Gasteiger charge is 2.29. The molecule has 0 bridgehead atoms. The summed E-state index contributed by atoms with van der Waals surface area (Å²) < 4.78 is 0.948. The van der Waals surface area contributed by atoms with Gasteiger partial charge in [-0.25, -0.2) is 0 Å². The van der Waals surface area contributed by atoms with Gasteiger partial charge < -0.3 is 16.0 Å². The lowest BCUT2D eigenvalue weighted by atomic mass is 9.99. The zero-order valence-corrected chi connectivity index (χ0v) is 17.0. The van der Waals surface area contributed by atoms with Crippen LogP contribution in [0.25, 0.3) is 10.9 Å². The number of carbonyl (C=O) groups excluding carboxylic acids is 1. The Hall–Kier alpha value is -1.48. The summed E-state index contributed by atoms with van der Waals surface area (Å²) in [5.41, 5.74) is 8.29. The predicted molar refractivity (Wildman–Crippen MR) is 110 cm³/mol. The normalized spacial score (nSPS) is 20.9. The molecule has 1 unspecified atom stereocenters. The number of nitrogens with one attached hydrogen (secondary N) is 2. The zero-order valence-electron chi connectivity index (χ0n) is 15.5. The van der Waals surface area contributed by atoms with Gasteiger partial charge in [-0.15, -0.1) is 0 Å². The van der Waals surface area contributed by atoms with Gasteiger partial charge in [0, 0.05) is 55.2 Å². The second-order valence-corrected chi connectivity index (χ2v) is 8.42. The number of aromatic amines is 1. The Labute approximate surface area is 167 Å². The molecule has 2 aromatic rings. The molecule has 3 heterocycles. The maximum Gasteiger partial charge on any atom is 0.239 e. The minimum absolute atomic E-state index is 0.0668. The number of piperazine rings is 1. The third kappa shape index (κ3) is 4.18. The third-order valence-electron chi connectivity index (χ3n) is 5.78. The summed E-state index contributed by atoms with van der Waals surface area (Å²) >= 11 is 3.56. The van der Waals surface area contributed by atoms with Gasteiger partial charge in [-0.1, -0.05) is 0 Å². The van der Waals surface area contributed by atoms with Gasteiger partial charge in [0.05, 0.1) is 17.8 Å². The Morgan fingerprint density at radius 1 is 1.26 bits per heavy atom. The summed E-state index contributed by atoms with van der Waals surface area (Å²) in [5.74, 6) is 0.0668. The second-order valence-electron chi connectivity index (χ2n) is 7.56. The average Bonchev–Trinajstić information content (AvgIpc) is 3.17. The number of halogens is 1. The molecule has 1 amide bonds. The van der Waals surface area contributed by atoms with E-state index in [4.69, 9.17) is 5.73 Å². The van der Waals surface area contributed by atoms with Crippen LogP contribution in [0, 0.1) is 0 Å². The number of benzene rings is 1. The van der Waals surface area contributed by atoms with E-state index in [9.17, 15) is 4.79 Å². The van der Waals surface area contributed by atoms with E-state index in [1.54, 1.807) is 6.20 Å². The van der Waals surface area contributed by atoms with Crippen LogP contribution in [-0.2, 0) is 11.2 Å². The molecule has 2 saturated heterocycles. The van der Waals surface area contributed by atoms with Crippen LogP contribution < -0.4 is 11.1 Å². The number of hydrogen-bond donors (Lipinski definition) is 3. The van der Waals surface area contributed by atoms with Crippen LogP contribution in [0.1, 0.15) is 18.4 Å². The lowest BCUT2D eigenvalue weighted by Crippen LogP contribution is -2.54. The predicted octanol–water partition coefficient (Wildman–Crippen LogP) is 1.09. The van der Waals surface area contributed by atoms with Gasteiger partial charge in [0.2, 0.25) is 5.91 Å². The molecular weight excluding hydrogens is 408 g/mol. The van der Waals surface area contributed by atoms with Crippen molar-refractivity contribution in [1.29, 1.82) is 0 Å². The highest BCUT2D eigenvalue weighted by atomic mass is 79.9. The SMILES string of the molecule is NC(Cc1cc(Br)c2[nH]ncc2c1)C(=O)N1CCC(N2CCNCC2)CC1. The second kappa shape index (κ2) is 8.26. The number of aromatic nitrogens is 2. The third-order valence-corrected chi connectivity index (χ3v) is 6.40. The number of fused-ring (bicyclic) bond motifs is 1. The summed E-state index contributed by atoms with van der Waals surface area (Å²) in [7, 11) is 0. The summed E-state index contributed by atoms with van der Waals surface area (Å²) in [6.45, 7) is 5.99. The van der Waals surface area contributed by atoms with Crippen molar-refractivity contribution in [2.45, 2.75) is 31.3 Å². The minimum atomic E-state index is -0.503. The quantitative estimate of drug-likeness (QED) is 0.669. The summed E-state index contributed by atoms with van der Waals surface area (Å²) in [5, 5.41) is 11.5. The molecule has 4 rings (SSSR count). The zero-order chi connectivity index (χ0) is 18.8. The molecule has 1 aromatic heterocycles. The average molecular weight is 435 g/mol. The first-order valence-corrected chi connectivity index (χ1v) is 10.5. The van der Waals surface area contributed by atoms with E-state index in [-0.39, 0.29) is 5.91 Å². The van der Waals surface area contributed by atoms with Gasteiger partial charge in [0.1, 0.15) is 0 Å². The Morgan fingerprint density at radius 3 is 2.74 bits per heavy atom. The first kappa shape index (κ1) is 18.9. The fourth-order valence-electron chi connectivity index (χ4n) is 4.26. The molecule has 0 saturated carbocycles. The number of hydrogen-bond acceptors (Lipinski definition) is 5. The molecule has 4 N–H and O–H groups in total. The lowest BCUT2D eigenvalue weighted by Gasteiger charge is -2.40. The number of nitrogens with two attached hydrogens (primary N) is 1. The monoisotopic (exact) mass is 434 g/mol. The van der Waals surface area contributed by atoms with Crippen LogP contribution in [0.4, 0.5) is 0 Å². The van der Waals surface area contributed by atoms with E-state index in [0.29, 0.717) is 12.5 Å². The van der Waals surface area contributed by atoms with Crippen molar-refractivity contribution in [3.63, 3.8) is 0 Å². The molecule has 0 radical (unpaired) electrons. The van der Waals surface area contributed by atoms with Gasteiger partial charge in [-0.3, -0.25) is 14.8 Å². The number of carbonyl (C=O) groups is 1. The Bertz CT molecular complexity index is 795. The topological polar surface area (TPSA) is 90.3 Å². The van der Waals surface area contributed by atoms with Crippen molar-refractivity contribution < 1.29 is 4.79 Å². The van der Waals surface area contributed by atoms with Gasteiger partial charge in [-0.05, 0) is 52.9 Å². The molecule has 0 aliphatic carbocycles. The first-order chi connectivity index (χ1) is 13.1. The molecule has 2 fully saturated rings. The molecule has 7 nitrogen and oxygen atoms in total. The standard InChI is InChI=1S/C19H27BrN6O/c20-16-10-13(9-14-12-23-24-18(14)16)11-17(21)19(27)26-5-1-15(2-6-26)25-7-3-22-4-8-25/h9-10,12,15,17,22H,1-8,11,21H2,(H,23,24). The lowest BCUT2D eigenvalue weighted by molar-refractivity contribution is -0.134. The van der Waals surface area contributed by atoms with Crippen LogP contribution in [0.3, 0.4) is 0 Å². The van der Waals surface area contributed by atoms with Crippen LogP contribution in [-0.4, -0.2) is 77.3 Å². The van der Waals surface area contributed by atoms with E-state index in [0.717, 1.165) is 73.0 Å². The van der Waals surface area contributed by atoms with E-state index in [1.165, 1.54) is 0 Å². The van der Waals surface area contributed by atoms with Crippen LogP contribution in [0.5, 0.6) is 0 Å². The number of nitrogens with zero attached hydrogens (tertiary/aromatic N) is 3. The minimum Gasteiger partial charge on any atom is -0.341 e. The van der Waals surface area contributed by atoms with Crippen LogP contribution >= 0.6 is 15.9 Å². The maximum atomic E-state index is 12.8. The fraction of sp³-hybridized carbons (Fsp3) is 0.579. The summed E-state index contributed by atoms with van der Waals surface area (Å²) in [6, 6.07) is 4.17. The van der Waals surface area contributed by atoms with Crippen molar-refractivity contribution in [3.05, 3.63) is 28.4 Å². The molecule has 8 heteroatoms. The van der Waals surface area contributed by atoms with Crippen molar-refractivity contribution in [1.82, 2.24) is 25.3 Å². The van der Waals surface area contributed by atoms with Gasteiger partial charge in [0.15, 0.2) is 0 Å². The Morgan fingerprint density at radius 2 is 2.00 bits per heavy atom. The number of H-pyrrole nitrogens is 1. The Kier molecular flexibility index (Phi) is 5.77. The first-order valence-electron chi connectivity index (χ1n) is 9.72. The van der Waals surface area contributed by atoms with Gasteiger partial charge >= 0.3 is 0 Å². The number of piperidine rings is 1.